The minimum Gasteiger partial charge on any atom is -0.0827 e. The Labute approximate surface area is 124 Å². The van der Waals surface area contributed by atoms with Crippen LogP contribution in [0.15, 0.2) is 48.5 Å². The Morgan fingerprint density at radius 2 is 1.79 bits per heavy atom. The molecule has 1 aliphatic rings. The molecular weight excluding hydrogens is 275 g/mol. The van der Waals surface area contributed by atoms with Gasteiger partial charge in [0.05, 0.1) is 10.0 Å². The molecule has 1 fully saturated rings. The Balaban J connectivity index is 1.96. The smallest absolute Gasteiger partial charge is 0.0595 e. The van der Waals surface area contributed by atoms with Gasteiger partial charge in [0.2, 0.25) is 0 Å². The van der Waals surface area contributed by atoms with E-state index in [1.54, 1.807) is 0 Å². The number of halogens is 2. The summed E-state index contributed by atoms with van der Waals surface area (Å²) >= 11 is 12.2. The van der Waals surface area contributed by atoms with E-state index in [0.29, 0.717) is 16.0 Å². The van der Waals surface area contributed by atoms with E-state index >= 15 is 0 Å². The third kappa shape index (κ3) is 2.17. The molecule has 3 rings (SSSR count). The summed E-state index contributed by atoms with van der Waals surface area (Å²) in [7, 11) is 0. The predicted octanol–water partition coefficient (Wildman–Crippen LogP) is 5.83. The van der Waals surface area contributed by atoms with Crippen LogP contribution in [0.3, 0.4) is 0 Å². The van der Waals surface area contributed by atoms with Crippen LogP contribution in [-0.2, 0) is 5.41 Å². The lowest BCUT2D eigenvalue weighted by Gasteiger charge is -2.17. The fourth-order valence-electron chi connectivity index (χ4n) is 3.15. The average molecular weight is 291 g/mol. The van der Waals surface area contributed by atoms with Gasteiger partial charge >= 0.3 is 0 Å². The van der Waals surface area contributed by atoms with E-state index in [1.807, 2.05) is 12.1 Å². The molecule has 0 saturated heterocycles. The summed E-state index contributed by atoms with van der Waals surface area (Å²) in [5.74, 6) is 0.607. The largest absolute Gasteiger partial charge is 0.0827 e. The van der Waals surface area contributed by atoms with Crippen molar-refractivity contribution in [1.29, 1.82) is 0 Å². The van der Waals surface area contributed by atoms with Gasteiger partial charge in [-0.15, -0.1) is 0 Å². The predicted molar refractivity (Wildman–Crippen MR) is 82.2 cm³/mol. The zero-order valence-electron chi connectivity index (χ0n) is 10.9. The lowest BCUT2D eigenvalue weighted by atomic mass is 9.88. The molecule has 1 saturated carbocycles. The lowest BCUT2D eigenvalue weighted by molar-refractivity contribution is 0.638. The van der Waals surface area contributed by atoms with Crippen LogP contribution in [0.4, 0.5) is 0 Å². The highest BCUT2D eigenvalue weighted by atomic mass is 35.5. The number of hydrogen-bond donors (Lipinski definition) is 0. The minimum absolute atomic E-state index is 0.246. The van der Waals surface area contributed by atoms with E-state index < -0.39 is 0 Å². The average Bonchev–Trinajstić information content (AvgIpc) is 3.19. The summed E-state index contributed by atoms with van der Waals surface area (Å²) in [6.45, 7) is 2.26. The van der Waals surface area contributed by atoms with Crippen LogP contribution in [0.2, 0.25) is 10.0 Å². The Bertz CT molecular complexity index is 591. The van der Waals surface area contributed by atoms with E-state index in [4.69, 9.17) is 23.2 Å². The van der Waals surface area contributed by atoms with Crippen molar-refractivity contribution in [3.8, 4) is 0 Å². The fraction of sp³-hybridized carbons (Fsp3) is 0.294. The van der Waals surface area contributed by atoms with Gasteiger partial charge in [-0.05, 0) is 42.0 Å². The first-order valence-corrected chi connectivity index (χ1v) is 7.43. The molecule has 0 nitrogen and oxygen atoms in total. The van der Waals surface area contributed by atoms with E-state index in [2.05, 4.69) is 43.3 Å². The van der Waals surface area contributed by atoms with Gasteiger partial charge in [0.1, 0.15) is 0 Å². The van der Waals surface area contributed by atoms with Crippen LogP contribution in [0.1, 0.15) is 36.8 Å². The van der Waals surface area contributed by atoms with Gasteiger partial charge in [-0.2, -0.15) is 0 Å². The number of rotatable bonds is 3. The zero-order chi connectivity index (χ0) is 13.5. The second kappa shape index (κ2) is 4.85. The van der Waals surface area contributed by atoms with Gasteiger partial charge in [-0.1, -0.05) is 66.5 Å². The van der Waals surface area contributed by atoms with Crippen molar-refractivity contribution < 1.29 is 0 Å². The Kier molecular flexibility index (Phi) is 3.32. The van der Waals surface area contributed by atoms with Gasteiger partial charge in [-0.3, -0.25) is 0 Å². The highest BCUT2D eigenvalue weighted by Crippen LogP contribution is 2.62. The van der Waals surface area contributed by atoms with Crippen molar-refractivity contribution >= 4 is 23.2 Å². The molecule has 0 unspecified atom stereocenters. The Morgan fingerprint density at radius 1 is 1.05 bits per heavy atom. The molecule has 0 amide bonds. The van der Waals surface area contributed by atoms with Gasteiger partial charge in [0.25, 0.3) is 0 Å². The Hall–Kier alpha value is -0.980. The first-order chi connectivity index (χ1) is 9.17. The van der Waals surface area contributed by atoms with Crippen LogP contribution < -0.4 is 0 Å². The molecule has 0 aliphatic heterocycles. The van der Waals surface area contributed by atoms with Crippen molar-refractivity contribution in [3.05, 3.63) is 69.7 Å². The number of benzene rings is 2. The first-order valence-electron chi connectivity index (χ1n) is 6.68. The van der Waals surface area contributed by atoms with E-state index in [9.17, 15) is 0 Å². The standard InChI is InChI=1S/C17H16Cl2/c1-2-17(13-8-9-15(18)16(19)10-13)11-14(17)12-6-4-3-5-7-12/h3-10,14H,2,11H2,1H3/t14-,17+/m0/s1. The molecule has 19 heavy (non-hydrogen) atoms. The monoisotopic (exact) mass is 290 g/mol. The number of hydrogen-bond acceptors (Lipinski definition) is 0. The highest BCUT2D eigenvalue weighted by molar-refractivity contribution is 6.42. The zero-order valence-corrected chi connectivity index (χ0v) is 12.4. The van der Waals surface area contributed by atoms with Gasteiger partial charge in [0, 0.05) is 5.41 Å². The maximum atomic E-state index is 6.17. The fourth-order valence-corrected chi connectivity index (χ4v) is 3.45. The maximum absolute atomic E-state index is 6.17. The second-order valence-electron chi connectivity index (χ2n) is 5.31. The molecule has 2 aromatic carbocycles. The highest BCUT2D eigenvalue weighted by Gasteiger charge is 2.54. The quantitative estimate of drug-likeness (QED) is 0.667. The Morgan fingerprint density at radius 3 is 2.42 bits per heavy atom. The maximum Gasteiger partial charge on any atom is 0.0595 e. The first kappa shape index (κ1) is 13.0. The molecule has 0 radical (unpaired) electrons. The summed E-state index contributed by atoms with van der Waals surface area (Å²) in [6.07, 6.45) is 2.33. The molecule has 0 bridgehead atoms. The molecule has 2 aromatic rings. The van der Waals surface area contributed by atoms with E-state index in [0.717, 1.165) is 6.42 Å². The summed E-state index contributed by atoms with van der Waals surface area (Å²) in [4.78, 5) is 0. The van der Waals surface area contributed by atoms with Crippen LogP contribution in [0.25, 0.3) is 0 Å². The van der Waals surface area contributed by atoms with Gasteiger partial charge in [-0.25, -0.2) is 0 Å². The van der Waals surface area contributed by atoms with Crippen LogP contribution in [0.5, 0.6) is 0 Å². The van der Waals surface area contributed by atoms with Crippen molar-refractivity contribution in [1.82, 2.24) is 0 Å². The third-order valence-corrected chi connectivity index (χ3v) is 5.14. The molecule has 1 aliphatic carbocycles. The molecule has 2 heteroatoms. The molecule has 0 heterocycles. The van der Waals surface area contributed by atoms with Crippen LogP contribution in [-0.4, -0.2) is 0 Å². The van der Waals surface area contributed by atoms with E-state index in [1.165, 1.54) is 17.5 Å². The van der Waals surface area contributed by atoms with Crippen LogP contribution >= 0.6 is 23.2 Å². The SMILES string of the molecule is CC[C@]1(c2ccc(Cl)c(Cl)c2)C[C@H]1c1ccccc1. The minimum atomic E-state index is 0.246. The van der Waals surface area contributed by atoms with Gasteiger partial charge < -0.3 is 0 Å². The summed E-state index contributed by atoms with van der Waals surface area (Å²) in [5.41, 5.74) is 2.99. The third-order valence-electron chi connectivity index (χ3n) is 4.40. The summed E-state index contributed by atoms with van der Waals surface area (Å²) < 4.78 is 0. The molecule has 2 atom stereocenters. The van der Waals surface area contributed by atoms with Crippen molar-refractivity contribution in [2.24, 2.45) is 0 Å². The normalized spacial score (nSPS) is 25.3. The molecule has 0 N–H and O–H groups in total. The van der Waals surface area contributed by atoms with Crippen molar-refractivity contribution in [2.45, 2.75) is 31.1 Å². The molecular formula is C17H16Cl2. The lowest BCUT2D eigenvalue weighted by Crippen LogP contribution is -2.08. The summed E-state index contributed by atoms with van der Waals surface area (Å²) in [5, 5.41) is 1.29. The van der Waals surface area contributed by atoms with Crippen molar-refractivity contribution in [2.75, 3.05) is 0 Å². The molecule has 0 aromatic heterocycles. The van der Waals surface area contributed by atoms with E-state index in [-0.39, 0.29) is 5.41 Å². The topological polar surface area (TPSA) is 0 Å². The molecule has 98 valence electrons. The molecule has 0 spiro atoms. The van der Waals surface area contributed by atoms with Crippen LogP contribution in [0, 0.1) is 0 Å². The van der Waals surface area contributed by atoms with Gasteiger partial charge in [0.15, 0.2) is 0 Å². The summed E-state index contributed by atoms with van der Waals surface area (Å²) in [6, 6.07) is 16.8. The second-order valence-corrected chi connectivity index (χ2v) is 6.12. The van der Waals surface area contributed by atoms with Crippen molar-refractivity contribution in [3.63, 3.8) is 0 Å².